The van der Waals surface area contributed by atoms with E-state index in [4.69, 9.17) is 0 Å². The van der Waals surface area contributed by atoms with Crippen molar-refractivity contribution >= 4 is 11.8 Å². The molecule has 1 heterocycles. The topological polar surface area (TPSA) is 37.8 Å². The van der Waals surface area contributed by atoms with Crippen LogP contribution in [0.3, 0.4) is 0 Å². The van der Waals surface area contributed by atoms with E-state index in [2.05, 4.69) is 53.4 Å². The van der Waals surface area contributed by atoms with Gasteiger partial charge in [0.25, 0.3) is 0 Å². The maximum absolute atomic E-state index is 4.41. The van der Waals surface area contributed by atoms with Gasteiger partial charge in [-0.05, 0) is 55.4 Å². The molecule has 0 saturated carbocycles. The quantitative estimate of drug-likeness (QED) is 0.815. The molecular formula is C16H21N3S. The summed E-state index contributed by atoms with van der Waals surface area (Å²) in [5.74, 6) is 0. The molecule has 4 heteroatoms. The minimum atomic E-state index is 0.439. The Labute approximate surface area is 125 Å². The van der Waals surface area contributed by atoms with Gasteiger partial charge in [0.05, 0.1) is 0 Å². The first kappa shape index (κ1) is 15.0. The fourth-order valence-corrected chi connectivity index (χ4v) is 2.88. The van der Waals surface area contributed by atoms with Crippen LogP contribution < -0.4 is 5.32 Å². The molecule has 0 aliphatic carbocycles. The van der Waals surface area contributed by atoms with Gasteiger partial charge in [-0.3, -0.25) is 0 Å². The standard InChI is InChI=1S/C16H21N3S/c1-4-15(17-5-2)13-6-8-14(9-7-13)20-16-18-11-10-12(3)19-16/h6-11,15,17H,4-5H2,1-3H3. The van der Waals surface area contributed by atoms with Crippen molar-refractivity contribution in [2.75, 3.05) is 6.54 Å². The van der Waals surface area contributed by atoms with Crippen molar-refractivity contribution in [2.24, 2.45) is 0 Å². The number of nitrogens with one attached hydrogen (secondary N) is 1. The lowest BCUT2D eigenvalue weighted by molar-refractivity contribution is 0.537. The molecule has 0 saturated heterocycles. The van der Waals surface area contributed by atoms with E-state index in [-0.39, 0.29) is 0 Å². The van der Waals surface area contributed by atoms with Crippen LogP contribution in [0.25, 0.3) is 0 Å². The third-order valence-corrected chi connectivity index (χ3v) is 4.01. The number of nitrogens with zero attached hydrogens (tertiary/aromatic N) is 2. The van der Waals surface area contributed by atoms with Gasteiger partial charge in [0.2, 0.25) is 0 Å². The molecule has 0 bridgehead atoms. The van der Waals surface area contributed by atoms with Crippen LogP contribution in [0.15, 0.2) is 46.6 Å². The molecule has 1 aromatic heterocycles. The van der Waals surface area contributed by atoms with Crippen LogP contribution in [-0.4, -0.2) is 16.5 Å². The Morgan fingerprint density at radius 2 is 1.90 bits per heavy atom. The van der Waals surface area contributed by atoms with E-state index in [1.807, 2.05) is 13.0 Å². The normalized spacial score (nSPS) is 12.3. The lowest BCUT2D eigenvalue weighted by Crippen LogP contribution is -2.19. The molecule has 20 heavy (non-hydrogen) atoms. The van der Waals surface area contributed by atoms with Gasteiger partial charge < -0.3 is 5.32 Å². The second-order valence-electron chi connectivity index (χ2n) is 4.67. The maximum atomic E-state index is 4.41. The van der Waals surface area contributed by atoms with E-state index >= 15 is 0 Å². The molecule has 2 rings (SSSR count). The van der Waals surface area contributed by atoms with E-state index in [0.29, 0.717) is 6.04 Å². The minimum Gasteiger partial charge on any atom is -0.310 e. The van der Waals surface area contributed by atoms with Crippen molar-refractivity contribution < 1.29 is 0 Å². The smallest absolute Gasteiger partial charge is 0.192 e. The molecule has 0 spiro atoms. The number of hydrogen-bond donors (Lipinski definition) is 1. The Balaban J connectivity index is 2.08. The largest absolute Gasteiger partial charge is 0.310 e. The van der Waals surface area contributed by atoms with Gasteiger partial charge in [-0.2, -0.15) is 0 Å². The van der Waals surface area contributed by atoms with Crippen molar-refractivity contribution in [1.29, 1.82) is 0 Å². The van der Waals surface area contributed by atoms with Crippen LogP contribution in [0.5, 0.6) is 0 Å². The molecule has 0 aliphatic heterocycles. The summed E-state index contributed by atoms with van der Waals surface area (Å²) < 4.78 is 0. The summed E-state index contributed by atoms with van der Waals surface area (Å²) in [4.78, 5) is 9.86. The van der Waals surface area contributed by atoms with Crippen LogP contribution in [0.1, 0.15) is 37.6 Å². The molecule has 106 valence electrons. The highest BCUT2D eigenvalue weighted by Gasteiger charge is 2.08. The van der Waals surface area contributed by atoms with Gasteiger partial charge in [0, 0.05) is 22.8 Å². The lowest BCUT2D eigenvalue weighted by Gasteiger charge is -2.16. The van der Waals surface area contributed by atoms with Crippen LogP contribution in [0.2, 0.25) is 0 Å². The average molecular weight is 287 g/mol. The van der Waals surface area contributed by atoms with Gasteiger partial charge >= 0.3 is 0 Å². The molecule has 0 radical (unpaired) electrons. The summed E-state index contributed by atoms with van der Waals surface area (Å²) >= 11 is 1.60. The Bertz CT molecular complexity index is 540. The fraction of sp³-hybridized carbons (Fsp3) is 0.375. The first-order valence-electron chi connectivity index (χ1n) is 7.03. The van der Waals surface area contributed by atoms with Crippen molar-refractivity contribution in [3.8, 4) is 0 Å². The van der Waals surface area contributed by atoms with E-state index in [1.54, 1.807) is 18.0 Å². The van der Waals surface area contributed by atoms with Gasteiger partial charge in [-0.25, -0.2) is 9.97 Å². The van der Waals surface area contributed by atoms with E-state index < -0.39 is 0 Å². The second-order valence-corrected chi connectivity index (χ2v) is 5.71. The fourth-order valence-electron chi connectivity index (χ4n) is 2.09. The predicted molar refractivity (Wildman–Crippen MR) is 84.0 cm³/mol. The highest BCUT2D eigenvalue weighted by atomic mass is 32.2. The Morgan fingerprint density at radius 3 is 2.50 bits per heavy atom. The highest BCUT2D eigenvalue weighted by Crippen LogP contribution is 2.26. The Morgan fingerprint density at radius 1 is 1.15 bits per heavy atom. The molecule has 3 nitrogen and oxygen atoms in total. The van der Waals surface area contributed by atoms with E-state index in [0.717, 1.165) is 23.8 Å². The van der Waals surface area contributed by atoms with Crippen LogP contribution in [0.4, 0.5) is 0 Å². The molecule has 0 aliphatic rings. The first-order valence-corrected chi connectivity index (χ1v) is 7.85. The lowest BCUT2D eigenvalue weighted by atomic mass is 10.1. The highest BCUT2D eigenvalue weighted by molar-refractivity contribution is 7.99. The Hall–Kier alpha value is -1.39. The van der Waals surface area contributed by atoms with Crippen LogP contribution >= 0.6 is 11.8 Å². The molecule has 1 atom stereocenters. The third kappa shape index (κ3) is 4.05. The molecule has 0 amide bonds. The third-order valence-electron chi connectivity index (χ3n) is 3.12. The van der Waals surface area contributed by atoms with Crippen molar-refractivity contribution in [3.63, 3.8) is 0 Å². The van der Waals surface area contributed by atoms with Crippen molar-refractivity contribution in [3.05, 3.63) is 47.8 Å². The number of aromatic nitrogens is 2. The predicted octanol–water partition coefficient (Wildman–Crippen LogP) is 4.00. The summed E-state index contributed by atoms with van der Waals surface area (Å²) in [6, 6.07) is 11.0. The zero-order valence-electron chi connectivity index (χ0n) is 12.3. The van der Waals surface area contributed by atoms with Crippen molar-refractivity contribution in [2.45, 2.75) is 43.3 Å². The van der Waals surface area contributed by atoms with Gasteiger partial charge in [0.15, 0.2) is 5.16 Å². The van der Waals surface area contributed by atoms with Gasteiger partial charge in [-0.15, -0.1) is 0 Å². The monoisotopic (exact) mass is 287 g/mol. The molecule has 1 unspecified atom stereocenters. The van der Waals surface area contributed by atoms with Gasteiger partial charge in [0.1, 0.15) is 0 Å². The molecule has 2 aromatic rings. The maximum Gasteiger partial charge on any atom is 0.192 e. The second kappa shape index (κ2) is 7.41. The summed E-state index contributed by atoms with van der Waals surface area (Å²) in [7, 11) is 0. The van der Waals surface area contributed by atoms with E-state index in [9.17, 15) is 0 Å². The number of hydrogen-bond acceptors (Lipinski definition) is 4. The summed E-state index contributed by atoms with van der Waals surface area (Å²) in [5.41, 5.74) is 2.33. The van der Waals surface area contributed by atoms with Gasteiger partial charge in [-0.1, -0.05) is 26.0 Å². The van der Waals surface area contributed by atoms with Crippen molar-refractivity contribution in [1.82, 2.24) is 15.3 Å². The number of aryl methyl sites for hydroxylation is 1. The van der Waals surface area contributed by atoms with Crippen LogP contribution in [-0.2, 0) is 0 Å². The zero-order valence-corrected chi connectivity index (χ0v) is 13.1. The first-order chi connectivity index (χ1) is 9.72. The summed E-state index contributed by atoms with van der Waals surface area (Å²) in [6.07, 6.45) is 2.90. The number of rotatable bonds is 6. The molecular weight excluding hydrogens is 266 g/mol. The SMILES string of the molecule is CCNC(CC)c1ccc(Sc2nccc(C)n2)cc1. The number of benzene rings is 1. The minimum absolute atomic E-state index is 0.439. The summed E-state index contributed by atoms with van der Waals surface area (Å²) in [6.45, 7) is 7.32. The molecule has 1 N–H and O–H groups in total. The van der Waals surface area contributed by atoms with E-state index in [1.165, 1.54) is 10.5 Å². The average Bonchev–Trinajstić information content (AvgIpc) is 2.46. The van der Waals surface area contributed by atoms with Crippen LogP contribution in [0, 0.1) is 6.92 Å². The Kier molecular flexibility index (Phi) is 5.56. The zero-order chi connectivity index (χ0) is 14.4. The summed E-state index contributed by atoms with van der Waals surface area (Å²) in [5, 5.41) is 4.30. The molecule has 1 aromatic carbocycles. The molecule has 0 fully saturated rings.